The van der Waals surface area contributed by atoms with Crippen LogP contribution in [0.15, 0.2) is 83.2 Å². The molecule has 1 nitrogen and oxygen atoms in total. The minimum absolute atomic E-state index is 0.604. The third-order valence-corrected chi connectivity index (χ3v) is 3.99. The van der Waals surface area contributed by atoms with Gasteiger partial charge in [0.25, 0.3) is 0 Å². The van der Waals surface area contributed by atoms with E-state index in [9.17, 15) is 0 Å². The predicted molar refractivity (Wildman–Crippen MR) is 109 cm³/mol. The van der Waals surface area contributed by atoms with Gasteiger partial charge in [0.2, 0.25) is 0 Å². The zero-order valence-corrected chi connectivity index (χ0v) is 15.7. The molecule has 1 heterocycles. The quantitative estimate of drug-likeness (QED) is 0.464. The van der Waals surface area contributed by atoms with Gasteiger partial charge in [-0.1, -0.05) is 55.2 Å². The SMILES string of the molecule is C#CC.C=C1OCC(C(/C=C\CSC)=C/C)=C1C1=CC=CCC=C1. The molecule has 0 fully saturated rings. The molecule has 2 aliphatic rings. The molecular formula is C22H26OS. The lowest BCUT2D eigenvalue weighted by molar-refractivity contribution is 0.274. The summed E-state index contributed by atoms with van der Waals surface area (Å²) in [5, 5.41) is 0. The highest BCUT2D eigenvalue weighted by atomic mass is 32.2. The molecule has 126 valence electrons. The van der Waals surface area contributed by atoms with Crippen LogP contribution in [0, 0.1) is 12.3 Å². The number of ether oxygens (including phenoxy) is 1. The number of allylic oxidation sites excluding steroid dienone is 8. The monoisotopic (exact) mass is 338 g/mol. The minimum Gasteiger partial charge on any atom is -0.489 e. The molecule has 0 N–H and O–H groups in total. The van der Waals surface area contributed by atoms with Crippen molar-refractivity contribution in [3.05, 3.63) is 83.2 Å². The van der Waals surface area contributed by atoms with Crippen LogP contribution >= 0.6 is 11.8 Å². The van der Waals surface area contributed by atoms with Crippen molar-refractivity contribution < 1.29 is 4.74 Å². The number of hydrogen-bond donors (Lipinski definition) is 0. The Balaban J connectivity index is 0.000000891. The smallest absolute Gasteiger partial charge is 0.120 e. The maximum atomic E-state index is 5.71. The van der Waals surface area contributed by atoms with E-state index in [1.54, 1.807) is 6.92 Å². The van der Waals surface area contributed by atoms with E-state index in [2.05, 4.69) is 80.7 Å². The molecule has 24 heavy (non-hydrogen) atoms. The van der Waals surface area contributed by atoms with Gasteiger partial charge in [0.15, 0.2) is 0 Å². The van der Waals surface area contributed by atoms with Crippen molar-refractivity contribution in [2.24, 2.45) is 0 Å². The average molecular weight is 339 g/mol. The van der Waals surface area contributed by atoms with Crippen LogP contribution in [0.4, 0.5) is 0 Å². The number of terminal acetylenes is 1. The average Bonchev–Trinajstić information content (AvgIpc) is 2.78. The van der Waals surface area contributed by atoms with Crippen molar-refractivity contribution in [3.8, 4) is 12.3 Å². The van der Waals surface area contributed by atoms with E-state index in [1.807, 2.05) is 11.8 Å². The summed E-state index contributed by atoms with van der Waals surface area (Å²) >= 11 is 1.82. The number of hydrogen-bond acceptors (Lipinski definition) is 2. The highest BCUT2D eigenvalue weighted by Crippen LogP contribution is 2.35. The largest absolute Gasteiger partial charge is 0.489 e. The first-order chi connectivity index (χ1) is 11.7. The Bertz CT molecular complexity index is 661. The minimum atomic E-state index is 0.604. The fourth-order valence-electron chi connectivity index (χ4n) is 2.42. The molecule has 2 rings (SSSR count). The van der Waals surface area contributed by atoms with E-state index in [0.29, 0.717) is 6.61 Å². The Kier molecular flexibility index (Phi) is 9.49. The van der Waals surface area contributed by atoms with Gasteiger partial charge >= 0.3 is 0 Å². The van der Waals surface area contributed by atoms with Gasteiger partial charge in [-0.05, 0) is 37.7 Å². The molecule has 1 aliphatic carbocycles. The van der Waals surface area contributed by atoms with Gasteiger partial charge in [0.1, 0.15) is 12.4 Å². The Morgan fingerprint density at radius 2 is 2.21 bits per heavy atom. The van der Waals surface area contributed by atoms with E-state index in [0.717, 1.165) is 23.5 Å². The maximum absolute atomic E-state index is 5.71. The summed E-state index contributed by atoms with van der Waals surface area (Å²) in [6.07, 6.45) is 24.9. The van der Waals surface area contributed by atoms with Gasteiger partial charge in [-0.25, -0.2) is 0 Å². The van der Waals surface area contributed by atoms with Gasteiger partial charge in [0, 0.05) is 16.9 Å². The van der Waals surface area contributed by atoms with Crippen molar-refractivity contribution in [2.75, 3.05) is 18.6 Å². The van der Waals surface area contributed by atoms with Crippen LogP contribution in [0.1, 0.15) is 20.3 Å². The molecule has 0 unspecified atom stereocenters. The fourth-order valence-corrected chi connectivity index (χ4v) is 2.71. The van der Waals surface area contributed by atoms with E-state index in [1.165, 1.54) is 16.7 Å². The zero-order chi connectivity index (χ0) is 17.8. The van der Waals surface area contributed by atoms with E-state index in [-0.39, 0.29) is 0 Å². The Morgan fingerprint density at radius 1 is 1.46 bits per heavy atom. The van der Waals surface area contributed by atoms with Crippen molar-refractivity contribution in [1.82, 2.24) is 0 Å². The lowest BCUT2D eigenvalue weighted by Crippen LogP contribution is -1.94. The first-order valence-corrected chi connectivity index (χ1v) is 9.37. The Hall–Kier alpha value is -2.11. The standard InChI is InChI=1S/C19H22OS.C3H4/c1-4-16(12-9-13-21-3)18-14-20-15(2)19(18)17-10-7-5-6-8-11-17;1-3-2/h4-5,7-12H,2,6,13-14H2,1,3H3;1H,2H3/b12-9-,16-4+;. The van der Waals surface area contributed by atoms with Crippen LogP contribution in [0.25, 0.3) is 0 Å². The first-order valence-electron chi connectivity index (χ1n) is 7.98. The van der Waals surface area contributed by atoms with Gasteiger partial charge in [0.05, 0.1) is 0 Å². The summed E-state index contributed by atoms with van der Waals surface area (Å²) < 4.78 is 5.71. The van der Waals surface area contributed by atoms with Crippen molar-refractivity contribution in [1.29, 1.82) is 0 Å². The molecule has 1 aliphatic heterocycles. The summed E-state index contributed by atoms with van der Waals surface area (Å²) in [5.74, 6) is 4.04. The van der Waals surface area contributed by atoms with Crippen molar-refractivity contribution in [2.45, 2.75) is 20.3 Å². The van der Waals surface area contributed by atoms with Crippen LogP contribution in [0.5, 0.6) is 0 Å². The van der Waals surface area contributed by atoms with Crippen LogP contribution in [0.2, 0.25) is 0 Å². The summed E-state index contributed by atoms with van der Waals surface area (Å²) in [6.45, 7) is 8.40. The molecule has 0 spiro atoms. The molecule has 0 amide bonds. The second kappa shape index (κ2) is 11.4. The Morgan fingerprint density at radius 3 is 2.88 bits per heavy atom. The molecule has 0 aromatic rings. The van der Waals surface area contributed by atoms with Gasteiger partial charge < -0.3 is 4.74 Å². The third-order valence-electron chi connectivity index (χ3n) is 3.46. The van der Waals surface area contributed by atoms with E-state index in [4.69, 9.17) is 4.74 Å². The zero-order valence-electron chi connectivity index (χ0n) is 14.8. The van der Waals surface area contributed by atoms with Crippen molar-refractivity contribution >= 4 is 11.8 Å². The Labute approximate surface area is 151 Å². The fraction of sp³-hybridized carbons (Fsp3) is 0.273. The van der Waals surface area contributed by atoms with Crippen LogP contribution in [-0.2, 0) is 4.74 Å². The van der Waals surface area contributed by atoms with Crippen molar-refractivity contribution in [3.63, 3.8) is 0 Å². The predicted octanol–water partition coefficient (Wildman–Crippen LogP) is 5.77. The first kappa shape index (κ1) is 19.9. The van der Waals surface area contributed by atoms with Gasteiger partial charge in [-0.2, -0.15) is 11.8 Å². The summed E-state index contributed by atoms with van der Waals surface area (Å²) in [5.41, 5.74) is 4.77. The molecule has 0 radical (unpaired) electrons. The molecule has 0 saturated heterocycles. The molecule has 0 atom stereocenters. The highest BCUT2D eigenvalue weighted by Gasteiger charge is 2.23. The van der Waals surface area contributed by atoms with E-state index >= 15 is 0 Å². The van der Waals surface area contributed by atoms with Gasteiger partial charge in [-0.15, -0.1) is 12.3 Å². The normalized spacial score (nSPS) is 17.2. The summed E-state index contributed by atoms with van der Waals surface area (Å²) in [6, 6.07) is 0. The summed E-state index contributed by atoms with van der Waals surface area (Å²) in [4.78, 5) is 0. The lowest BCUT2D eigenvalue weighted by atomic mass is 9.94. The van der Waals surface area contributed by atoms with E-state index < -0.39 is 0 Å². The molecule has 0 aromatic carbocycles. The van der Waals surface area contributed by atoms with Gasteiger partial charge in [-0.3, -0.25) is 0 Å². The lowest BCUT2D eigenvalue weighted by Gasteiger charge is -2.07. The molecular weight excluding hydrogens is 312 g/mol. The number of rotatable bonds is 5. The molecule has 0 saturated carbocycles. The third kappa shape index (κ3) is 5.83. The molecule has 2 heteroatoms. The highest BCUT2D eigenvalue weighted by molar-refractivity contribution is 7.98. The molecule has 0 bridgehead atoms. The topological polar surface area (TPSA) is 9.23 Å². The summed E-state index contributed by atoms with van der Waals surface area (Å²) in [7, 11) is 0. The van der Waals surface area contributed by atoms with Crippen LogP contribution in [-0.4, -0.2) is 18.6 Å². The second-order valence-corrected chi connectivity index (χ2v) is 6.05. The maximum Gasteiger partial charge on any atom is 0.120 e. The number of thioether (sulfide) groups is 1. The van der Waals surface area contributed by atoms with Crippen LogP contribution in [0.3, 0.4) is 0 Å². The second-order valence-electron chi connectivity index (χ2n) is 5.14. The van der Waals surface area contributed by atoms with Crippen LogP contribution < -0.4 is 0 Å². The molecule has 0 aromatic heterocycles.